The van der Waals surface area contributed by atoms with Crippen molar-refractivity contribution in [1.82, 2.24) is 10.3 Å². The Bertz CT molecular complexity index is 2340. The molecule has 2 heterocycles. The highest BCUT2D eigenvalue weighted by molar-refractivity contribution is 8.01. The van der Waals surface area contributed by atoms with Crippen LogP contribution in [-0.4, -0.2) is 28.0 Å². The molecule has 10 heteroatoms. The van der Waals surface area contributed by atoms with Crippen molar-refractivity contribution in [2.75, 3.05) is 11.1 Å². The molecule has 1 aromatic heterocycles. The van der Waals surface area contributed by atoms with Crippen molar-refractivity contribution in [2.24, 2.45) is 5.92 Å². The van der Waals surface area contributed by atoms with Crippen LogP contribution in [0.15, 0.2) is 156 Å². The number of nitrogens with one attached hydrogen (secondary N) is 2. The second-order valence-electron chi connectivity index (χ2n) is 13.6. The number of fused-ring (bicyclic) bond motifs is 1. The van der Waals surface area contributed by atoms with E-state index in [1.165, 1.54) is 4.70 Å². The van der Waals surface area contributed by atoms with Crippen molar-refractivity contribution in [3.63, 3.8) is 0 Å². The molecule has 8 rings (SSSR count). The molecular formula is C46H41N3O5S2. The van der Waals surface area contributed by atoms with Crippen molar-refractivity contribution in [1.29, 1.82) is 0 Å². The lowest BCUT2D eigenvalue weighted by Crippen LogP contribution is -2.38. The predicted molar refractivity (Wildman–Crippen MR) is 224 cm³/mol. The number of carbonyl (C=O) groups excluding carboxylic acids is 1. The summed E-state index contributed by atoms with van der Waals surface area (Å²) in [6.45, 7) is 2.51. The normalized spacial score (nSPS) is 18.0. The number of hydrogen-bond donors (Lipinski definition) is 3. The van der Waals surface area contributed by atoms with Gasteiger partial charge in [0.25, 0.3) is 0 Å². The first kappa shape index (κ1) is 37.4. The lowest BCUT2D eigenvalue weighted by molar-refractivity contribution is -0.268. The van der Waals surface area contributed by atoms with E-state index < -0.39 is 6.29 Å². The van der Waals surface area contributed by atoms with Crippen LogP contribution in [0.3, 0.4) is 0 Å². The molecule has 6 aromatic carbocycles. The molecule has 4 atom stereocenters. The number of carbonyl (C=O) groups is 1. The van der Waals surface area contributed by atoms with E-state index >= 15 is 0 Å². The number of aliphatic hydroxyl groups is 1. The summed E-state index contributed by atoms with van der Waals surface area (Å²) in [6.07, 6.45) is -0.893. The van der Waals surface area contributed by atoms with Gasteiger partial charge in [-0.05, 0) is 76.3 Å². The highest BCUT2D eigenvalue weighted by atomic mass is 32.2. The highest BCUT2D eigenvalue weighted by Crippen LogP contribution is 2.44. The van der Waals surface area contributed by atoms with Crippen LogP contribution in [0.2, 0.25) is 0 Å². The van der Waals surface area contributed by atoms with Crippen LogP contribution < -0.4 is 15.4 Å². The Morgan fingerprint density at radius 1 is 0.786 bits per heavy atom. The number of thiazole rings is 1. The van der Waals surface area contributed by atoms with Crippen LogP contribution in [0.5, 0.6) is 11.5 Å². The number of anilines is 1. The number of ether oxygens (including phenoxy) is 3. The molecule has 282 valence electrons. The van der Waals surface area contributed by atoms with Crippen LogP contribution in [0, 0.1) is 5.92 Å². The number of benzene rings is 6. The molecule has 1 aliphatic rings. The molecule has 0 aliphatic carbocycles. The van der Waals surface area contributed by atoms with Gasteiger partial charge in [-0.3, -0.25) is 0 Å². The zero-order valence-corrected chi connectivity index (χ0v) is 32.3. The minimum atomic E-state index is -0.580. The Hall–Kier alpha value is -5.49. The Kier molecular flexibility index (Phi) is 11.7. The topological polar surface area (TPSA) is 102 Å². The second-order valence-corrected chi connectivity index (χ2v) is 15.9. The smallest absolute Gasteiger partial charge is 0.319 e. The maximum atomic E-state index is 12.9. The second kappa shape index (κ2) is 17.5. The van der Waals surface area contributed by atoms with E-state index in [2.05, 4.69) is 54.0 Å². The average molecular weight is 780 g/mol. The van der Waals surface area contributed by atoms with Gasteiger partial charge in [0.1, 0.15) is 11.5 Å². The minimum Gasteiger partial charge on any atom is -0.457 e. The molecule has 2 amide bonds. The van der Waals surface area contributed by atoms with Gasteiger partial charge < -0.3 is 30.0 Å². The van der Waals surface area contributed by atoms with Crippen molar-refractivity contribution < 1.29 is 24.1 Å². The number of amides is 2. The molecular weight excluding hydrogens is 739 g/mol. The largest absolute Gasteiger partial charge is 0.457 e. The molecule has 0 spiro atoms. The fourth-order valence-electron chi connectivity index (χ4n) is 6.73. The molecule has 56 heavy (non-hydrogen) atoms. The zero-order chi connectivity index (χ0) is 38.3. The first-order valence-corrected chi connectivity index (χ1v) is 20.3. The summed E-state index contributed by atoms with van der Waals surface area (Å²) in [6, 6.07) is 49.1. The van der Waals surface area contributed by atoms with Gasteiger partial charge in [0, 0.05) is 29.5 Å². The molecule has 1 saturated heterocycles. The quantitative estimate of drug-likeness (QED) is 0.106. The minimum absolute atomic E-state index is 0.00620. The van der Waals surface area contributed by atoms with E-state index in [4.69, 9.17) is 19.2 Å². The Morgan fingerprint density at radius 3 is 2.25 bits per heavy atom. The molecule has 1 fully saturated rings. The van der Waals surface area contributed by atoms with Gasteiger partial charge in [-0.1, -0.05) is 122 Å². The van der Waals surface area contributed by atoms with Crippen LogP contribution in [0.1, 0.15) is 41.6 Å². The van der Waals surface area contributed by atoms with Crippen LogP contribution in [-0.2, 0) is 22.6 Å². The Labute approximate surface area is 334 Å². The molecule has 4 unspecified atom stereocenters. The molecule has 0 radical (unpaired) electrons. The SMILES string of the molecule is CC1C(CSc2nc3ccccc3s2)OC(c2ccc(-c3ccccc3CNC(=O)Nc3ccc(Oc4ccccc4)cc3)cc2)OC1c1ccc(CO)cc1. The van der Waals surface area contributed by atoms with E-state index in [9.17, 15) is 9.90 Å². The molecule has 1 aliphatic heterocycles. The molecule has 3 N–H and O–H groups in total. The first-order chi connectivity index (χ1) is 27.5. The van der Waals surface area contributed by atoms with Crippen LogP contribution >= 0.6 is 23.1 Å². The number of thioether (sulfide) groups is 1. The summed E-state index contributed by atoms with van der Waals surface area (Å²) >= 11 is 3.42. The van der Waals surface area contributed by atoms with Crippen LogP contribution in [0.4, 0.5) is 10.5 Å². The number of para-hydroxylation sites is 2. The average Bonchev–Trinajstić information content (AvgIpc) is 3.67. The van der Waals surface area contributed by atoms with E-state index in [-0.39, 0.29) is 30.8 Å². The van der Waals surface area contributed by atoms with Gasteiger partial charge in [-0.25, -0.2) is 9.78 Å². The molecule has 8 nitrogen and oxygen atoms in total. The van der Waals surface area contributed by atoms with Crippen molar-refractivity contribution >= 4 is 45.0 Å². The number of urea groups is 1. The Balaban J connectivity index is 0.939. The summed E-state index contributed by atoms with van der Waals surface area (Å²) in [4.78, 5) is 17.7. The third-order valence-corrected chi connectivity index (χ3v) is 12.1. The summed E-state index contributed by atoms with van der Waals surface area (Å²) in [5.41, 5.74) is 7.53. The number of hydrogen-bond acceptors (Lipinski definition) is 8. The highest BCUT2D eigenvalue weighted by Gasteiger charge is 2.38. The monoisotopic (exact) mass is 779 g/mol. The number of aliphatic hydroxyl groups excluding tert-OH is 1. The first-order valence-electron chi connectivity index (χ1n) is 18.5. The number of nitrogens with zero attached hydrogens (tertiary/aromatic N) is 1. The van der Waals surface area contributed by atoms with Gasteiger partial charge in [-0.15, -0.1) is 11.3 Å². The summed E-state index contributed by atoms with van der Waals surface area (Å²) < 4.78 is 21.5. The van der Waals surface area contributed by atoms with Gasteiger partial charge in [0.05, 0.1) is 29.0 Å². The van der Waals surface area contributed by atoms with Gasteiger partial charge in [0.2, 0.25) is 0 Å². The summed E-state index contributed by atoms with van der Waals surface area (Å²) in [5, 5.41) is 15.6. The van der Waals surface area contributed by atoms with Crippen LogP contribution in [0.25, 0.3) is 21.3 Å². The maximum Gasteiger partial charge on any atom is 0.319 e. The fourth-order valence-corrected chi connectivity index (χ4v) is 8.99. The lowest BCUT2D eigenvalue weighted by Gasteiger charge is -2.41. The molecule has 7 aromatic rings. The number of rotatable bonds is 12. The summed E-state index contributed by atoms with van der Waals surface area (Å²) in [7, 11) is 0. The lowest BCUT2D eigenvalue weighted by atomic mass is 9.91. The fraction of sp³-hybridized carbons (Fsp3) is 0.174. The van der Waals surface area contributed by atoms with Crippen molar-refractivity contribution in [3.05, 3.63) is 174 Å². The van der Waals surface area contributed by atoms with E-state index in [1.807, 2.05) is 115 Å². The van der Waals surface area contributed by atoms with Gasteiger partial charge in [0.15, 0.2) is 10.6 Å². The van der Waals surface area contributed by atoms with Crippen molar-refractivity contribution in [2.45, 2.75) is 42.9 Å². The van der Waals surface area contributed by atoms with E-state index in [1.54, 1.807) is 23.1 Å². The van der Waals surface area contributed by atoms with Gasteiger partial charge in [-0.2, -0.15) is 0 Å². The molecule has 0 bridgehead atoms. The maximum absolute atomic E-state index is 12.9. The number of aromatic nitrogens is 1. The van der Waals surface area contributed by atoms with E-state index in [0.717, 1.165) is 54.7 Å². The Morgan fingerprint density at radius 2 is 1.48 bits per heavy atom. The van der Waals surface area contributed by atoms with E-state index in [0.29, 0.717) is 18.0 Å². The molecule has 0 saturated carbocycles. The van der Waals surface area contributed by atoms with Crippen molar-refractivity contribution in [3.8, 4) is 22.6 Å². The third kappa shape index (κ3) is 8.97. The standard InChI is InChI=1S/C46H41N3O5S2/c1-30-41(29-55-46-49-40-13-7-8-14-42(40)56-46)53-44(54-43(30)33-17-15-31(28-50)16-18-33)34-21-19-32(20-22-34)39-12-6-5-9-35(39)27-47-45(51)48-36-23-25-38(26-24-36)52-37-10-3-2-4-11-37/h2-26,30,41,43-44,50H,27-29H2,1H3,(H2,47,48,51). The van der Waals surface area contributed by atoms with Gasteiger partial charge >= 0.3 is 6.03 Å². The zero-order valence-electron chi connectivity index (χ0n) is 30.7. The predicted octanol–water partition coefficient (Wildman–Crippen LogP) is 11.2. The third-order valence-electron chi connectivity index (χ3n) is 9.81. The summed E-state index contributed by atoms with van der Waals surface area (Å²) in [5.74, 6) is 2.23.